The van der Waals surface area contributed by atoms with E-state index in [0.717, 1.165) is 12.1 Å². The number of carbonyl (C=O) groups is 2. The molecular weight excluding hydrogens is 395 g/mol. The molecule has 1 N–H and O–H groups in total. The van der Waals surface area contributed by atoms with Gasteiger partial charge in [-0.1, -0.05) is 49.7 Å². The number of nitrogens with one attached hydrogen (secondary N) is 1. The van der Waals surface area contributed by atoms with Gasteiger partial charge in [0.25, 0.3) is 5.91 Å². The quantitative estimate of drug-likeness (QED) is 0.655. The predicted molar refractivity (Wildman–Crippen MR) is 100 cm³/mol. The Hall–Kier alpha value is -2.54. The van der Waals surface area contributed by atoms with Crippen LogP contribution in [0.2, 0.25) is 5.02 Å². The van der Waals surface area contributed by atoms with Crippen molar-refractivity contribution in [3.63, 3.8) is 0 Å². The first kappa shape index (κ1) is 21.8. The van der Waals surface area contributed by atoms with Crippen LogP contribution in [0.5, 0.6) is 0 Å². The molecule has 2 aromatic rings. The van der Waals surface area contributed by atoms with Crippen LogP contribution in [0.4, 0.5) is 18.9 Å². The van der Waals surface area contributed by atoms with E-state index in [2.05, 4.69) is 5.32 Å². The minimum atomic E-state index is -4.61. The summed E-state index contributed by atoms with van der Waals surface area (Å²) in [5.74, 6) is -2.25. The van der Waals surface area contributed by atoms with E-state index in [0.29, 0.717) is 10.6 Å². The van der Waals surface area contributed by atoms with Crippen molar-refractivity contribution in [2.24, 2.45) is 5.92 Å². The molecule has 0 saturated heterocycles. The molecule has 150 valence electrons. The number of amides is 1. The summed E-state index contributed by atoms with van der Waals surface area (Å²) in [4.78, 5) is 24.4. The van der Waals surface area contributed by atoms with Gasteiger partial charge in [-0.2, -0.15) is 13.2 Å². The van der Waals surface area contributed by atoms with Crippen molar-refractivity contribution >= 4 is 29.2 Å². The van der Waals surface area contributed by atoms with Crippen LogP contribution in [0, 0.1) is 5.92 Å². The van der Waals surface area contributed by atoms with Gasteiger partial charge in [0.1, 0.15) is 0 Å². The Bertz CT molecular complexity index is 835. The summed E-state index contributed by atoms with van der Waals surface area (Å²) in [7, 11) is 0. The lowest BCUT2D eigenvalue weighted by atomic mass is 9.88. The summed E-state index contributed by atoms with van der Waals surface area (Å²) in [6, 6.07) is 11.2. The van der Waals surface area contributed by atoms with E-state index in [1.165, 1.54) is 12.1 Å². The fraction of sp³-hybridized carbons (Fsp3) is 0.300. The zero-order valence-electron chi connectivity index (χ0n) is 15.2. The van der Waals surface area contributed by atoms with Crippen molar-refractivity contribution in [3.8, 4) is 0 Å². The minimum Gasteiger partial charge on any atom is -0.455 e. The van der Waals surface area contributed by atoms with E-state index >= 15 is 0 Å². The molecule has 0 spiro atoms. The van der Waals surface area contributed by atoms with E-state index in [1.54, 1.807) is 24.3 Å². The molecule has 1 atom stereocenters. The number of rotatable bonds is 6. The van der Waals surface area contributed by atoms with E-state index in [4.69, 9.17) is 16.3 Å². The molecule has 0 heterocycles. The van der Waals surface area contributed by atoms with E-state index in [-0.39, 0.29) is 5.92 Å². The molecule has 1 amide bonds. The van der Waals surface area contributed by atoms with Crippen LogP contribution in [-0.4, -0.2) is 18.5 Å². The van der Waals surface area contributed by atoms with Gasteiger partial charge >= 0.3 is 12.1 Å². The lowest BCUT2D eigenvalue weighted by molar-refractivity contribution is -0.150. The summed E-state index contributed by atoms with van der Waals surface area (Å²) in [5.41, 5.74) is -0.697. The summed E-state index contributed by atoms with van der Waals surface area (Å²) < 4.78 is 44.0. The number of carbonyl (C=O) groups excluding carboxylic acids is 2. The third-order valence-corrected chi connectivity index (χ3v) is 4.25. The molecule has 0 aliphatic heterocycles. The molecule has 0 fully saturated rings. The van der Waals surface area contributed by atoms with Crippen LogP contribution in [-0.2, 0) is 20.5 Å². The fourth-order valence-corrected chi connectivity index (χ4v) is 2.84. The monoisotopic (exact) mass is 413 g/mol. The first-order chi connectivity index (χ1) is 13.1. The zero-order valence-corrected chi connectivity index (χ0v) is 16.0. The smallest absolute Gasteiger partial charge is 0.418 e. The van der Waals surface area contributed by atoms with Crippen LogP contribution in [0.15, 0.2) is 48.5 Å². The lowest BCUT2D eigenvalue weighted by Gasteiger charge is -2.20. The fourth-order valence-electron chi connectivity index (χ4n) is 2.72. The highest BCUT2D eigenvalue weighted by Gasteiger charge is 2.33. The van der Waals surface area contributed by atoms with Crippen LogP contribution >= 0.6 is 11.6 Å². The summed E-state index contributed by atoms with van der Waals surface area (Å²) >= 11 is 5.85. The van der Waals surface area contributed by atoms with Gasteiger partial charge in [0.2, 0.25) is 0 Å². The second-order valence-corrected chi connectivity index (χ2v) is 6.91. The average molecular weight is 414 g/mol. The highest BCUT2D eigenvalue weighted by molar-refractivity contribution is 6.30. The number of anilines is 1. The average Bonchev–Trinajstić information content (AvgIpc) is 2.61. The number of halogens is 4. The second kappa shape index (κ2) is 9.10. The summed E-state index contributed by atoms with van der Waals surface area (Å²) in [6.45, 7) is 2.95. The molecule has 2 rings (SSSR count). The molecule has 0 radical (unpaired) electrons. The molecular formula is C20H19ClF3NO3. The molecule has 0 unspecified atom stereocenters. The standard InChI is InChI=1S/C20H19ClF3NO3/c1-12(2)18(13-7-9-14(21)10-8-13)19(27)28-11-17(26)25-16-6-4-3-5-15(16)20(22,23)24/h3-10,12,18H,11H2,1-2H3,(H,25,26)/t18-/m1/s1. The van der Waals surface area contributed by atoms with Gasteiger partial charge in [0, 0.05) is 5.02 Å². The maximum atomic E-state index is 13.0. The normalized spacial score (nSPS) is 12.5. The highest BCUT2D eigenvalue weighted by atomic mass is 35.5. The lowest BCUT2D eigenvalue weighted by Crippen LogP contribution is -2.27. The molecule has 0 saturated carbocycles. The van der Waals surface area contributed by atoms with Gasteiger partial charge in [-0.15, -0.1) is 0 Å². The Morgan fingerprint density at radius 2 is 1.68 bits per heavy atom. The highest BCUT2D eigenvalue weighted by Crippen LogP contribution is 2.34. The SMILES string of the molecule is CC(C)[C@@H](C(=O)OCC(=O)Nc1ccccc1C(F)(F)F)c1ccc(Cl)cc1. The maximum Gasteiger partial charge on any atom is 0.418 e. The van der Waals surface area contributed by atoms with Gasteiger partial charge in [-0.25, -0.2) is 0 Å². The number of hydrogen-bond acceptors (Lipinski definition) is 3. The van der Waals surface area contributed by atoms with Gasteiger partial charge in [0.15, 0.2) is 6.61 Å². The number of alkyl halides is 3. The van der Waals surface area contributed by atoms with E-state index in [9.17, 15) is 22.8 Å². The van der Waals surface area contributed by atoms with Crippen LogP contribution in [0.25, 0.3) is 0 Å². The van der Waals surface area contributed by atoms with Crippen LogP contribution in [0.3, 0.4) is 0 Å². The Morgan fingerprint density at radius 1 is 1.07 bits per heavy atom. The van der Waals surface area contributed by atoms with Crippen molar-refractivity contribution in [1.82, 2.24) is 0 Å². The van der Waals surface area contributed by atoms with Crippen LogP contribution < -0.4 is 5.32 Å². The molecule has 0 bridgehead atoms. The topological polar surface area (TPSA) is 55.4 Å². The maximum absolute atomic E-state index is 13.0. The first-order valence-corrected chi connectivity index (χ1v) is 8.85. The van der Waals surface area contributed by atoms with Gasteiger partial charge < -0.3 is 10.1 Å². The molecule has 4 nitrogen and oxygen atoms in total. The minimum absolute atomic E-state index is 0.123. The van der Waals surface area contributed by atoms with Crippen molar-refractivity contribution in [1.29, 1.82) is 0 Å². The van der Waals surface area contributed by atoms with Crippen molar-refractivity contribution in [2.75, 3.05) is 11.9 Å². The Balaban J connectivity index is 2.04. The van der Waals surface area contributed by atoms with E-state index < -0.39 is 41.8 Å². The summed E-state index contributed by atoms with van der Waals surface area (Å²) in [5, 5.41) is 2.65. The third kappa shape index (κ3) is 5.73. The molecule has 0 aliphatic rings. The number of hydrogen-bond donors (Lipinski definition) is 1. The molecule has 2 aromatic carbocycles. The van der Waals surface area contributed by atoms with Crippen molar-refractivity contribution < 1.29 is 27.5 Å². The Kier molecular flexibility index (Phi) is 7.07. The van der Waals surface area contributed by atoms with Gasteiger partial charge in [-0.05, 0) is 35.7 Å². The third-order valence-electron chi connectivity index (χ3n) is 4.00. The first-order valence-electron chi connectivity index (χ1n) is 8.47. The largest absolute Gasteiger partial charge is 0.455 e. The number of ether oxygens (including phenoxy) is 1. The number of para-hydroxylation sites is 1. The second-order valence-electron chi connectivity index (χ2n) is 6.47. The summed E-state index contributed by atoms with van der Waals surface area (Å²) in [6.07, 6.45) is -4.61. The van der Waals surface area contributed by atoms with Gasteiger partial charge in [0.05, 0.1) is 17.2 Å². The predicted octanol–water partition coefficient (Wildman–Crippen LogP) is 5.28. The van der Waals surface area contributed by atoms with Crippen LogP contribution in [0.1, 0.15) is 30.9 Å². The zero-order chi connectivity index (χ0) is 20.9. The molecule has 0 aromatic heterocycles. The molecule has 0 aliphatic carbocycles. The number of benzene rings is 2. The van der Waals surface area contributed by atoms with Crippen molar-refractivity contribution in [3.05, 3.63) is 64.7 Å². The Morgan fingerprint density at radius 3 is 2.25 bits per heavy atom. The number of esters is 1. The molecule has 8 heteroatoms. The molecule has 28 heavy (non-hydrogen) atoms. The van der Waals surface area contributed by atoms with Crippen molar-refractivity contribution in [2.45, 2.75) is 25.9 Å². The Labute approximate surface area is 165 Å². The van der Waals surface area contributed by atoms with E-state index in [1.807, 2.05) is 13.8 Å². The van der Waals surface area contributed by atoms with Gasteiger partial charge in [-0.3, -0.25) is 9.59 Å².